The maximum Gasteiger partial charge on any atom is 0.263 e. The van der Waals surface area contributed by atoms with E-state index in [1.807, 2.05) is 42.6 Å². The fourth-order valence-corrected chi connectivity index (χ4v) is 5.07. The van der Waals surface area contributed by atoms with Crippen molar-refractivity contribution in [2.45, 2.75) is 18.6 Å². The summed E-state index contributed by atoms with van der Waals surface area (Å²) in [6.07, 6.45) is 1.66. The monoisotopic (exact) mass is 451 g/mol. The zero-order valence-electron chi connectivity index (χ0n) is 17.2. The number of nitrogens with one attached hydrogen (secondary N) is 1. The predicted octanol–water partition coefficient (Wildman–Crippen LogP) is 4.08. The lowest BCUT2D eigenvalue weighted by Crippen LogP contribution is -2.23. The first-order valence-corrected chi connectivity index (χ1v) is 11.5. The molecule has 0 unspecified atom stereocenters. The van der Waals surface area contributed by atoms with Gasteiger partial charge in [-0.2, -0.15) is 5.10 Å². The molecule has 0 aliphatic rings. The molecule has 3 heterocycles. The van der Waals surface area contributed by atoms with Crippen LogP contribution in [0.2, 0.25) is 0 Å². The molecule has 0 aliphatic heterocycles. The van der Waals surface area contributed by atoms with Gasteiger partial charge in [0.15, 0.2) is 5.16 Å². The number of aromatic nitrogens is 4. The van der Waals surface area contributed by atoms with Crippen molar-refractivity contribution in [1.29, 1.82) is 0 Å². The number of benzene rings is 1. The Bertz CT molecular complexity index is 1320. The van der Waals surface area contributed by atoms with Crippen LogP contribution >= 0.6 is 23.1 Å². The first kappa shape index (κ1) is 21.1. The van der Waals surface area contributed by atoms with E-state index in [0.717, 1.165) is 16.8 Å². The number of allylic oxidation sites excluding steroid dienone is 1. The van der Waals surface area contributed by atoms with E-state index in [9.17, 15) is 9.59 Å². The number of carbonyl (C=O) groups excluding carboxylic acids is 1. The highest BCUT2D eigenvalue weighted by atomic mass is 32.2. The van der Waals surface area contributed by atoms with Gasteiger partial charge in [0.2, 0.25) is 5.91 Å². The number of rotatable bonds is 7. The second kappa shape index (κ2) is 8.91. The van der Waals surface area contributed by atoms with Gasteiger partial charge in [0.05, 0.1) is 16.8 Å². The maximum atomic E-state index is 13.3. The third-order valence-corrected chi connectivity index (χ3v) is 6.51. The van der Waals surface area contributed by atoms with Crippen molar-refractivity contribution in [2.75, 3.05) is 11.1 Å². The molecule has 0 radical (unpaired) electrons. The van der Waals surface area contributed by atoms with Crippen molar-refractivity contribution in [1.82, 2.24) is 19.3 Å². The minimum absolute atomic E-state index is 0.121. The second-order valence-electron chi connectivity index (χ2n) is 6.93. The van der Waals surface area contributed by atoms with Crippen LogP contribution in [0.4, 0.5) is 5.82 Å². The molecular weight excluding hydrogens is 430 g/mol. The zero-order chi connectivity index (χ0) is 22.0. The molecule has 9 heteroatoms. The molecule has 4 rings (SSSR count). The zero-order valence-corrected chi connectivity index (χ0v) is 18.8. The van der Waals surface area contributed by atoms with E-state index in [0.29, 0.717) is 27.7 Å². The number of amides is 1. The van der Waals surface area contributed by atoms with Gasteiger partial charge >= 0.3 is 0 Å². The van der Waals surface area contributed by atoms with Crippen LogP contribution in [-0.4, -0.2) is 31.0 Å². The van der Waals surface area contributed by atoms with Crippen LogP contribution in [-0.2, 0) is 18.4 Å². The standard InChI is InChI=1S/C22H21N5O2S2/c1-4-10-27-21(29)19-16(15-8-6-5-7-9-15)12-30-20(19)24-22(27)31-13-18(28)23-17-11-14(2)25-26(17)3/h4-9,11-12H,1,10,13H2,2-3H3,(H,23,28). The van der Waals surface area contributed by atoms with Gasteiger partial charge in [-0.1, -0.05) is 48.2 Å². The lowest BCUT2D eigenvalue weighted by molar-refractivity contribution is -0.113. The summed E-state index contributed by atoms with van der Waals surface area (Å²) in [5, 5.41) is 10.1. The summed E-state index contributed by atoms with van der Waals surface area (Å²) in [7, 11) is 1.77. The number of aryl methyl sites for hydroxylation is 2. The van der Waals surface area contributed by atoms with Gasteiger partial charge in [-0.15, -0.1) is 17.9 Å². The fraction of sp³-hybridized carbons (Fsp3) is 0.182. The van der Waals surface area contributed by atoms with Crippen molar-refractivity contribution in [3.05, 3.63) is 70.5 Å². The van der Waals surface area contributed by atoms with E-state index < -0.39 is 0 Å². The van der Waals surface area contributed by atoms with E-state index in [1.165, 1.54) is 23.1 Å². The molecule has 31 heavy (non-hydrogen) atoms. The molecule has 0 spiro atoms. The quantitative estimate of drug-likeness (QED) is 0.260. The average molecular weight is 452 g/mol. The van der Waals surface area contributed by atoms with Gasteiger partial charge in [0.25, 0.3) is 5.56 Å². The van der Waals surface area contributed by atoms with Crippen LogP contribution < -0.4 is 10.9 Å². The third kappa shape index (κ3) is 4.33. The summed E-state index contributed by atoms with van der Waals surface area (Å²) in [5.41, 5.74) is 2.54. The summed E-state index contributed by atoms with van der Waals surface area (Å²) >= 11 is 2.66. The van der Waals surface area contributed by atoms with Gasteiger partial charge in [-0.05, 0) is 12.5 Å². The molecule has 1 amide bonds. The summed E-state index contributed by atoms with van der Waals surface area (Å²) in [5.74, 6) is 0.556. The maximum absolute atomic E-state index is 13.3. The van der Waals surface area contributed by atoms with Crippen molar-refractivity contribution in [3.8, 4) is 11.1 Å². The number of hydrogen-bond donors (Lipinski definition) is 1. The van der Waals surface area contributed by atoms with Crippen molar-refractivity contribution in [3.63, 3.8) is 0 Å². The number of nitrogens with zero attached hydrogens (tertiary/aromatic N) is 4. The SMILES string of the molecule is C=CCn1c(SCC(=O)Nc2cc(C)nn2C)nc2scc(-c3ccccc3)c2c1=O. The van der Waals surface area contributed by atoms with Crippen molar-refractivity contribution < 1.29 is 4.79 Å². The molecule has 0 atom stereocenters. The van der Waals surface area contributed by atoms with Crippen LogP contribution in [0.5, 0.6) is 0 Å². The lowest BCUT2D eigenvalue weighted by atomic mass is 10.1. The molecule has 0 bridgehead atoms. The smallest absolute Gasteiger partial charge is 0.263 e. The van der Waals surface area contributed by atoms with Gasteiger partial charge in [-0.3, -0.25) is 18.8 Å². The largest absolute Gasteiger partial charge is 0.310 e. The minimum atomic E-state index is -0.191. The Morgan fingerprint density at radius 3 is 2.77 bits per heavy atom. The highest BCUT2D eigenvalue weighted by Gasteiger charge is 2.18. The molecule has 158 valence electrons. The van der Waals surface area contributed by atoms with E-state index in [4.69, 9.17) is 4.98 Å². The molecular formula is C22H21N5O2S2. The van der Waals surface area contributed by atoms with Crippen LogP contribution in [0.25, 0.3) is 21.3 Å². The molecule has 3 aromatic heterocycles. The van der Waals surface area contributed by atoms with E-state index in [-0.39, 0.29) is 17.2 Å². The fourth-order valence-electron chi connectivity index (χ4n) is 3.27. The molecule has 0 fully saturated rings. The van der Waals surface area contributed by atoms with Crippen LogP contribution in [0.15, 0.2) is 64.4 Å². The number of fused-ring (bicyclic) bond motifs is 1. The van der Waals surface area contributed by atoms with E-state index >= 15 is 0 Å². The Kier molecular flexibility index (Phi) is 6.06. The summed E-state index contributed by atoms with van der Waals surface area (Å²) in [6, 6.07) is 11.6. The second-order valence-corrected chi connectivity index (χ2v) is 8.73. The summed E-state index contributed by atoms with van der Waals surface area (Å²) in [4.78, 5) is 31.1. The molecule has 1 aromatic carbocycles. The molecule has 1 N–H and O–H groups in total. The Morgan fingerprint density at radius 1 is 1.32 bits per heavy atom. The topological polar surface area (TPSA) is 81.8 Å². The number of hydrogen-bond acceptors (Lipinski definition) is 6. The van der Waals surface area contributed by atoms with Crippen molar-refractivity contribution >= 4 is 45.0 Å². The third-order valence-electron chi connectivity index (χ3n) is 4.66. The van der Waals surface area contributed by atoms with Crippen LogP contribution in [0, 0.1) is 6.92 Å². The molecule has 7 nitrogen and oxygen atoms in total. The van der Waals surface area contributed by atoms with Gasteiger partial charge < -0.3 is 5.32 Å². The van der Waals surface area contributed by atoms with Crippen LogP contribution in [0.1, 0.15) is 5.69 Å². The molecule has 0 saturated carbocycles. The lowest BCUT2D eigenvalue weighted by Gasteiger charge is -2.11. The normalized spacial score (nSPS) is 11.0. The number of anilines is 1. The number of thiophene rings is 1. The van der Waals surface area contributed by atoms with Crippen molar-refractivity contribution in [2.24, 2.45) is 7.05 Å². The minimum Gasteiger partial charge on any atom is -0.310 e. The highest BCUT2D eigenvalue weighted by molar-refractivity contribution is 7.99. The molecule has 0 aliphatic carbocycles. The number of thioether (sulfide) groups is 1. The van der Waals surface area contributed by atoms with E-state index in [1.54, 1.807) is 28.4 Å². The Labute approximate surface area is 187 Å². The Balaban J connectivity index is 1.64. The first-order chi connectivity index (χ1) is 15.0. The van der Waals surface area contributed by atoms with E-state index in [2.05, 4.69) is 17.0 Å². The first-order valence-electron chi connectivity index (χ1n) is 9.59. The van der Waals surface area contributed by atoms with Gasteiger partial charge in [0.1, 0.15) is 10.6 Å². The summed E-state index contributed by atoms with van der Waals surface area (Å²) < 4.78 is 3.19. The van der Waals surface area contributed by atoms with Gasteiger partial charge in [-0.25, -0.2) is 4.98 Å². The Hall–Kier alpha value is -3.17. The average Bonchev–Trinajstić information content (AvgIpc) is 3.32. The van der Waals surface area contributed by atoms with Gasteiger partial charge in [0, 0.05) is 30.6 Å². The van der Waals surface area contributed by atoms with Crippen LogP contribution in [0.3, 0.4) is 0 Å². The predicted molar refractivity (Wildman–Crippen MR) is 127 cm³/mol. The molecule has 0 saturated heterocycles. The highest BCUT2D eigenvalue weighted by Crippen LogP contribution is 2.32. The molecule has 4 aromatic rings. The number of carbonyl (C=O) groups is 1. The Morgan fingerprint density at radius 2 is 2.10 bits per heavy atom. The summed E-state index contributed by atoms with van der Waals surface area (Å²) in [6.45, 7) is 5.95.